The van der Waals surface area contributed by atoms with Gasteiger partial charge in [0.15, 0.2) is 0 Å². The summed E-state index contributed by atoms with van der Waals surface area (Å²) in [5, 5.41) is 7.32. The second-order valence-electron chi connectivity index (χ2n) is 3.50. The standard InChI is InChI=1S/C7H12N2.C5H7NS.2C2H6/c1-3-7-5-6-8-9(7)4-2;1-4-3-7-5(2)6-4;2*1-2/h5-6H,3-4H2,1-2H3;3H,1-2H3;2*1-2H3. The molecular weight excluding hydrogens is 266 g/mol. The average Bonchev–Trinajstić information content (AvgIpc) is 3.11. The Morgan fingerprint density at radius 2 is 1.70 bits per heavy atom. The molecule has 116 valence electrons. The van der Waals surface area contributed by atoms with Crippen molar-refractivity contribution < 1.29 is 0 Å². The highest BCUT2D eigenvalue weighted by molar-refractivity contribution is 7.09. The molecule has 20 heavy (non-hydrogen) atoms. The molecule has 0 aliphatic carbocycles. The van der Waals surface area contributed by atoms with Gasteiger partial charge in [0.1, 0.15) is 0 Å². The van der Waals surface area contributed by atoms with Gasteiger partial charge in [-0.15, -0.1) is 11.3 Å². The lowest BCUT2D eigenvalue weighted by molar-refractivity contribution is 0.626. The summed E-state index contributed by atoms with van der Waals surface area (Å²) in [5.41, 5.74) is 2.44. The fourth-order valence-corrected chi connectivity index (χ4v) is 2.01. The lowest BCUT2D eigenvalue weighted by atomic mass is 10.3. The summed E-state index contributed by atoms with van der Waals surface area (Å²) < 4.78 is 2.01. The highest BCUT2D eigenvalue weighted by atomic mass is 32.1. The molecule has 3 nitrogen and oxygen atoms in total. The lowest BCUT2D eigenvalue weighted by Gasteiger charge is -1.98. The Morgan fingerprint density at radius 1 is 1.10 bits per heavy atom. The molecular formula is C16H31N3S. The van der Waals surface area contributed by atoms with Crippen LogP contribution in [0.1, 0.15) is 57.9 Å². The molecule has 2 heterocycles. The van der Waals surface area contributed by atoms with Crippen molar-refractivity contribution >= 4 is 11.3 Å². The fourth-order valence-electron chi connectivity index (χ4n) is 1.42. The highest BCUT2D eigenvalue weighted by Crippen LogP contribution is 2.04. The van der Waals surface area contributed by atoms with Gasteiger partial charge in [-0.05, 0) is 33.3 Å². The zero-order chi connectivity index (χ0) is 16.0. The van der Waals surface area contributed by atoms with E-state index in [1.807, 2.05) is 52.4 Å². The minimum Gasteiger partial charge on any atom is -0.270 e. The maximum absolute atomic E-state index is 4.13. The van der Waals surface area contributed by atoms with E-state index in [0.717, 1.165) is 23.7 Å². The van der Waals surface area contributed by atoms with Gasteiger partial charge in [-0.3, -0.25) is 4.68 Å². The van der Waals surface area contributed by atoms with Crippen LogP contribution in [-0.2, 0) is 13.0 Å². The quantitative estimate of drug-likeness (QED) is 0.755. The Labute approximate surface area is 129 Å². The number of hydrogen-bond donors (Lipinski definition) is 0. The topological polar surface area (TPSA) is 30.7 Å². The summed E-state index contributed by atoms with van der Waals surface area (Å²) in [7, 11) is 0. The number of hydrogen-bond acceptors (Lipinski definition) is 3. The largest absolute Gasteiger partial charge is 0.270 e. The first-order valence-electron chi connectivity index (χ1n) is 7.56. The zero-order valence-corrected chi connectivity index (χ0v) is 15.2. The molecule has 0 aromatic carbocycles. The monoisotopic (exact) mass is 297 g/mol. The Balaban J connectivity index is 0. The van der Waals surface area contributed by atoms with Crippen LogP contribution in [0.2, 0.25) is 0 Å². The van der Waals surface area contributed by atoms with Gasteiger partial charge in [0.2, 0.25) is 0 Å². The zero-order valence-electron chi connectivity index (χ0n) is 14.4. The van der Waals surface area contributed by atoms with Crippen LogP contribution in [0.4, 0.5) is 0 Å². The molecule has 0 bridgehead atoms. The van der Waals surface area contributed by atoms with Crippen LogP contribution >= 0.6 is 11.3 Å². The van der Waals surface area contributed by atoms with E-state index in [4.69, 9.17) is 0 Å². The summed E-state index contributed by atoms with van der Waals surface area (Å²) in [6.07, 6.45) is 2.93. The first kappa shape index (κ1) is 21.1. The van der Waals surface area contributed by atoms with E-state index in [9.17, 15) is 0 Å². The first-order chi connectivity index (χ1) is 9.67. The van der Waals surface area contributed by atoms with Crippen molar-refractivity contribution in [1.29, 1.82) is 0 Å². The molecule has 2 aromatic rings. The predicted molar refractivity (Wildman–Crippen MR) is 91.6 cm³/mol. The van der Waals surface area contributed by atoms with Crippen molar-refractivity contribution in [3.05, 3.63) is 34.0 Å². The lowest BCUT2D eigenvalue weighted by Crippen LogP contribution is -2.00. The van der Waals surface area contributed by atoms with Crippen molar-refractivity contribution in [2.24, 2.45) is 0 Å². The van der Waals surface area contributed by atoms with Gasteiger partial charge in [0.05, 0.1) is 5.01 Å². The smallest absolute Gasteiger partial charge is 0.0897 e. The number of aromatic nitrogens is 3. The second kappa shape index (κ2) is 14.3. The summed E-state index contributed by atoms with van der Waals surface area (Å²) in [6.45, 7) is 17.2. The third-order valence-corrected chi connectivity index (χ3v) is 3.09. The van der Waals surface area contributed by atoms with Gasteiger partial charge in [-0.2, -0.15) is 5.10 Å². The van der Waals surface area contributed by atoms with Gasteiger partial charge in [0.25, 0.3) is 0 Å². The van der Waals surface area contributed by atoms with Crippen molar-refractivity contribution in [2.75, 3.05) is 0 Å². The molecule has 0 saturated heterocycles. The van der Waals surface area contributed by atoms with Gasteiger partial charge in [-0.25, -0.2) is 4.98 Å². The van der Waals surface area contributed by atoms with Crippen LogP contribution in [0.25, 0.3) is 0 Å². The van der Waals surface area contributed by atoms with Gasteiger partial charge >= 0.3 is 0 Å². The number of thiazole rings is 1. The van der Waals surface area contributed by atoms with Crippen LogP contribution in [0.3, 0.4) is 0 Å². The molecule has 0 aliphatic rings. The first-order valence-corrected chi connectivity index (χ1v) is 8.44. The van der Waals surface area contributed by atoms with E-state index >= 15 is 0 Å². The Hall–Kier alpha value is -1.16. The van der Waals surface area contributed by atoms with E-state index in [2.05, 4.69) is 35.4 Å². The third-order valence-electron chi connectivity index (χ3n) is 2.20. The van der Waals surface area contributed by atoms with Crippen LogP contribution in [0.5, 0.6) is 0 Å². The summed E-state index contributed by atoms with van der Waals surface area (Å²) in [5.74, 6) is 0. The van der Waals surface area contributed by atoms with E-state index in [1.54, 1.807) is 11.3 Å². The Kier molecular flexibility index (Phi) is 15.1. The van der Waals surface area contributed by atoms with Crippen LogP contribution in [0.15, 0.2) is 17.6 Å². The van der Waals surface area contributed by atoms with E-state index in [1.165, 1.54) is 5.69 Å². The number of aryl methyl sites for hydroxylation is 4. The molecule has 0 N–H and O–H groups in total. The van der Waals surface area contributed by atoms with E-state index < -0.39 is 0 Å². The maximum atomic E-state index is 4.13. The summed E-state index contributed by atoms with van der Waals surface area (Å²) >= 11 is 1.69. The number of nitrogens with zero attached hydrogens (tertiary/aromatic N) is 3. The molecule has 0 fully saturated rings. The Morgan fingerprint density at radius 3 is 1.95 bits per heavy atom. The number of rotatable bonds is 2. The van der Waals surface area contributed by atoms with Crippen molar-refractivity contribution in [2.45, 2.75) is 68.4 Å². The molecule has 0 radical (unpaired) electrons. The molecule has 0 saturated carbocycles. The predicted octanol–water partition coefficient (Wildman–Crippen LogP) is 5.28. The molecule has 2 aromatic heterocycles. The van der Waals surface area contributed by atoms with Gasteiger partial charge in [0, 0.05) is 29.5 Å². The molecule has 0 aliphatic heterocycles. The van der Waals surface area contributed by atoms with Crippen LogP contribution < -0.4 is 0 Å². The van der Waals surface area contributed by atoms with Gasteiger partial charge < -0.3 is 0 Å². The molecule has 0 amide bonds. The molecule has 0 spiro atoms. The summed E-state index contributed by atoms with van der Waals surface area (Å²) in [6, 6.07) is 2.06. The highest BCUT2D eigenvalue weighted by Gasteiger charge is 1.93. The Bertz CT molecular complexity index is 384. The fraction of sp³-hybridized carbons (Fsp3) is 0.625. The third kappa shape index (κ3) is 8.86. The molecule has 4 heteroatoms. The van der Waals surface area contributed by atoms with Crippen molar-refractivity contribution in [3.8, 4) is 0 Å². The molecule has 2 rings (SSSR count). The minimum atomic E-state index is 0.982. The SMILES string of the molecule is CC.CC.CCc1ccnn1CC.Cc1csc(C)n1. The minimum absolute atomic E-state index is 0.982. The van der Waals surface area contributed by atoms with Crippen molar-refractivity contribution in [3.63, 3.8) is 0 Å². The second-order valence-corrected chi connectivity index (χ2v) is 4.56. The van der Waals surface area contributed by atoms with E-state index in [-0.39, 0.29) is 0 Å². The molecule has 0 atom stereocenters. The summed E-state index contributed by atoms with van der Waals surface area (Å²) in [4.78, 5) is 4.13. The van der Waals surface area contributed by atoms with Crippen molar-refractivity contribution in [1.82, 2.24) is 14.8 Å². The molecule has 0 unspecified atom stereocenters. The maximum Gasteiger partial charge on any atom is 0.0897 e. The average molecular weight is 298 g/mol. The van der Waals surface area contributed by atoms with E-state index in [0.29, 0.717) is 0 Å². The van der Waals surface area contributed by atoms with Gasteiger partial charge in [-0.1, -0.05) is 34.6 Å². The van der Waals surface area contributed by atoms with Crippen LogP contribution in [0, 0.1) is 13.8 Å². The normalized spacial score (nSPS) is 8.40. The van der Waals surface area contributed by atoms with Crippen LogP contribution in [-0.4, -0.2) is 14.8 Å².